The summed E-state index contributed by atoms with van der Waals surface area (Å²) in [5, 5.41) is 9.09. The van der Waals surface area contributed by atoms with E-state index < -0.39 is 5.97 Å². The van der Waals surface area contributed by atoms with Gasteiger partial charge in [-0.25, -0.2) is 4.79 Å². The predicted octanol–water partition coefficient (Wildman–Crippen LogP) is 2.39. The third kappa shape index (κ3) is 3.27. The van der Waals surface area contributed by atoms with Crippen molar-refractivity contribution in [3.05, 3.63) is 63.0 Å². The van der Waals surface area contributed by atoms with Crippen LogP contribution >= 0.6 is 15.9 Å². The minimum absolute atomic E-state index is 0.0831. The highest BCUT2D eigenvalue weighted by atomic mass is 79.9. The van der Waals surface area contributed by atoms with Gasteiger partial charge in [0, 0.05) is 12.3 Å². The molecule has 0 bridgehead atoms. The summed E-state index contributed by atoms with van der Waals surface area (Å²) in [5.74, 6) is -0.790. The zero-order valence-corrected chi connectivity index (χ0v) is 12.0. The Morgan fingerprint density at radius 2 is 2.05 bits per heavy atom. The number of carboxylic acid groups (broad SMARTS) is 1. The van der Waals surface area contributed by atoms with Gasteiger partial charge >= 0.3 is 5.97 Å². The Morgan fingerprint density at radius 3 is 2.75 bits per heavy atom. The van der Waals surface area contributed by atoms with E-state index in [1.807, 2.05) is 0 Å². The van der Waals surface area contributed by atoms with Crippen LogP contribution in [0.5, 0.6) is 5.75 Å². The molecule has 2 aromatic rings. The summed E-state index contributed by atoms with van der Waals surface area (Å²) < 4.78 is 7.57. The molecule has 5 nitrogen and oxygen atoms in total. The Labute approximate surface area is 123 Å². The summed E-state index contributed by atoms with van der Waals surface area (Å²) in [7, 11) is 0. The molecule has 0 atom stereocenters. The molecule has 0 radical (unpaired) electrons. The van der Waals surface area contributed by atoms with Crippen LogP contribution in [-0.4, -0.2) is 22.2 Å². The van der Waals surface area contributed by atoms with Crippen LogP contribution in [0.15, 0.2) is 51.9 Å². The van der Waals surface area contributed by atoms with E-state index >= 15 is 0 Å². The van der Waals surface area contributed by atoms with Gasteiger partial charge in [0.1, 0.15) is 17.9 Å². The van der Waals surface area contributed by atoms with Crippen molar-refractivity contribution in [3.8, 4) is 5.75 Å². The number of para-hydroxylation sites is 1. The van der Waals surface area contributed by atoms with Crippen molar-refractivity contribution in [3.63, 3.8) is 0 Å². The number of aromatic carboxylic acids is 1. The summed E-state index contributed by atoms with van der Waals surface area (Å²) in [4.78, 5) is 22.6. The zero-order chi connectivity index (χ0) is 14.5. The van der Waals surface area contributed by atoms with Gasteiger partial charge in [0.2, 0.25) is 0 Å². The lowest BCUT2D eigenvalue weighted by Gasteiger charge is -2.11. The molecule has 2 rings (SSSR count). The fourth-order valence-corrected chi connectivity index (χ4v) is 2.20. The number of aromatic nitrogens is 1. The van der Waals surface area contributed by atoms with Crippen LogP contribution in [-0.2, 0) is 6.54 Å². The number of hydrogen-bond acceptors (Lipinski definition) is 3. The van der Waals surface area contributed by atoms with Gasteiger partial charge in [-0.1, -0.05) is 12.1 Å². The molecule has 0 saturated carbocycles. The SMILES string of the molecule is O=C(O)c1cccc(Br)c1OCCn1ccccc1=O. The van der Waals surface area contributed by atoms with Gasteiger partial charge < -0.3 is 14.4 Å². The number of nitrogens with zero attached hydrogens (tertiary/aromatic N) is 1. The maximum Gasteiger partial charge on any atom is 0.339 e. The Morgan fingerprint density at radius 1 is 1.25 bits per heavy atom. The van der Waals surface area contributed by atoms with Crippen LogP contribution in [0.2, 0.25) is 0 Å². The second kappa shape index (κ2) is 6.38. The van der Waals surface area contributed by atoms with Gasteiger partial charge in [0.15, 0.2) is 0 Å². The van der Waals surface area contributed by atoms with Crippen LogP contribution in [0.1, 0.15) is 10.4 Å². The van der Waals surface area contributed by atoms with Crippen LogP contribution in [0.3, 0.4) is 0 Å². The zero-order valence-electron chi connectivity index (χ0n) is 10.5. The third-order valence-corrected chi connectivity index (χ3v) is 3.30. The van der Waals surface area contributed by atoms with Crippen LogP contribution < -0.4 is 10.3 Å². The molecule has 1 N–H and O–H groups in total. The molecule has 1 aromatic carbocycles. The number of ether oxygens (including phenoxy) is 1. The second-order valence-electron chi connectivity index (χ2n) is 4.00. The van der Waals surface area contributed by atoms with Gasteiger partial charge in [-0.3, -0.25) is 4.79 Å². The molecule has 0 unspecified atom stereocenters. The number of carbonyl (C=O) groups is 1. The normalized spacial score (nSPS) is 10.2. The van der Waals surface area contributed by atoms with Gasteiger partial charge in [-0.05, 0) is 34.1 Å². The first kappa shape index (κ1) is 14.3. The molecule has 1 aromatic heterocycles. The first-order chi connectivity index (χ1) is 9.59. The van der Waals surface area contributed by atoms with E-state index in [-0.39, 0.29) is 23.5 Å². The van der Waals surface area contributed by atoms with Crippen LogP contribution in [0.25, 0.3) is 0 Å². The van der Waals surface area contributed by atoms with Gasteiger partial charge in [0.05, 0.1) is 11.0 Å². The quantitative estimate of drug-likeness (QED) is 0.909. The van der Waals surface area contributed by atoms with E-state index in [0.29, 0.717) is 11.0 Å². The van der Waals surface area contributed by atoms with E-state index in [9.17, 15) is 9.59 Å². The minimum atomic E-state index is -1.06. The molecule has 1 heterocycles. The van der Waals surface area contributed by atoms with Crippen molar-refractivity contribution in [2.24, 2.45) is 0 Å². The lowest BCUT2D eigenvalue weighted by Crippen LogP contribution is -2.21. The molecule has 0 saturated heterocycles. The molecule has 20 heavy (non-hydrogen) atoms. The van der Waals surface area contributed by atoms with Gasteiger partial charge in [0.25, 0.3) is 5.56 Å². The number of benzene rings is 1. The van der Waals surface area contributed by atoms with Crippen molar-refractivity contribution in [2.45, 2.75) is 6.54 Å². The summed E-state index contributed by atoms with van der Waals surface area (Å²) in [6.07, 6.45) is 1.66. The molecule has 104 valence electrons. The maximum absolute atomic E-state index is 11.5. The second-order valence-corrected chi connectivity index (χ2v) is 4.86. The molecule has 0 spiro atoms. The van der Waals surface area contributed by atoms with Gasteiger partial charge in [-0.2, -0.15) is 0 Å². The summed E-state index contributed by atoms with van der Waals surface area (Å²) in [6, 6.07) is 9.68. The molecule has 0 aliphatic heterocycles. The van der Waals surface area contributed by atoms with Crippen LogP contribution in [0, 0.1) is 0 Å². The molecule has 0 amide bonds. The first-order valence-corrected chi connectivity index (χ1v) is 6.69. The highest BCUT2D eigenvalue weighted by Crippen LogP contribution is 2.29. The van der Waals surface area contributed by atoms with E-state index in [0.717, 1.165) is 0 Å². The molecular weight excluding hydrogens is 326 g/mol. The van der Waals surface area contributed by atoms with Crippen molar-refractivity contribution in [1.29, 1.82) is 0 Å². The van der Waals surface area contributed by atoms with E-state index in [4.69, 9.17) is 9.84 Å². The topological polar surface area (TPSA) is 68.5 Å². The standard InChI is InChI=1S/C14H12BrNO4/c15-11-5-3-4-10(14(18)19)13(11)20-9-8-16-7-2-1-6-12(16)17/h1-7H,8-9H2,(H,18,19). The lowest BCUT2D eigenvalue weighted by molar-refractivity contribution is 0.0692. The maximum atomic E-state index is 11.5. The van der Waals surface area contributed by atoms with Crippen molar-refractivity contribution >= 4 is 21.9 Å². The van der Waals surface area contributed by atoms with Crippen molar-refractivity contribution < 1.29 is 14.6 Å². The minimum Gasteiger partial charge on any atom is -0.490 e. The number of pyridine rings is 1. The summed E-state index contributed by atoms with van der Waals surface area (Å²) >= 11 is 3.26. The smallest absolute Gasteiger partial charge is 0.339 e. The average Bonchev–Trinajstić information content (AvgIpc) is 2.42. The third-order valence-electron chi connectivity index (χ3n) is 2.67. The van der Waals surface area contributed by atoms with E-state index in [2.05, 4.69) is 15.9 Å². The number of carboxylic acids is 1. The largest absolute Gasteiger partial charge is 0.490 e. The van der Waals surface area contributed by atoms with Crippen LogP contribution in [0.4, 0.5) is 0 Å². The Kier molecular flexibility index (Phi) is 4.57. The molecule has 6 heteroatoms. The molecule has 0 aliphatic carbocycles. The monoisotopic (exact) mass is 337 g/mol. The summed E-state index contributed by atoms with van der Waals surface area (Å²) in [5.41, 5.74) is -0.0403. The van der Waals surface area contributed by atoms with E-state index in [1.165, 1.54) is 16.7 Å². The van der Waals surface area contributed by atoms with Crippen molar-refractivity contribution in [2.75, 3.05) is 6.61 Å². The van der Waals surface area contributed by atoms with Crippen molar-refractivity contribution in [1.82, 2.24) is 4.57 Å². The summed E-state index contributed by atoms with van der Waals surface area (Å²) in [6.45, 7) is 0.548. The Bertz CT molecular complexity index is 681. The Balaban J connectivity index is 2.10. The van der Waals surface area contributed by atoms with Gasteiger partial charge in [-0.15, -0.1) is 0 Å². The average molecular weight is 338 g/mol. The first-order valence-electron chi connectivity index (χ1n) is 5.89. The Hall–Kier alpha value is -2.08. The number of rotatable bonds is 5. The molecular formula is C14H12BrNO4. The number of halogens is 1. The molecule has 0 fully saturated rings. The highest BCUT2D eigenvalue weighted by Gasteiger charge is 2.14. The number of hydrogen-bond donors (Lipinski definition) is 1. The fourth-order valence-electron chi connectivity index (χ4n) is 1.72. The predicted molar refractivity (Wildman–Crippen MR) is 77.3 cm³/mol. The fraction of sp³-hybridized carbons (Fsp3) is 0.143. The molecule has 0 aliphatic rings. The lowest BCUT2D eigenvalue weighted by atomic mass is 10.2. The van der Waals surface area contributed by atoms with E-state index in [1.54, 1.807) is 30.5 Å². The highest BCUT2D eigenvalue weighted by molar-refractivity contribution is 9.10.